The number of thiazole rings is 1. The Morgan fingerprint density at radius 2 is 2.04 bits per heavy atom. The first-order valence-corrected chi connectivity index (χ1v) is 10.4. The highest BCUT2D eigenvalue weighted by molar-refractivity contribution is 7.18. The minimum atomic E-state index is 0.178. The molecule has 5 nitrogen and oxygen atoms in total. The molecule has 0 atom stereocenters. The Bertz CT molecular complexity index is 891. The van der Waals surface area contributed by atoms with E-state index in [2.05, 4.69) is 18.2 Å². The molecule has 1 aromatic carbocycles. The summed E-state index contributed by atoms with van der Waals surface area (Å²) in [5.41, 5.74) is 1.11. The molecule has 0 bridgehead atoms. The molecule has 142 valence electrons. The van der Waals surface area contributed by atoms with E-state index in [4.69, 9.17) is 9.40 Å². The topological polar surface area (TPSA) is 50.8 Å². The summed E-state index contributed by atoms with van der Waals surface area (Å²) in [4.78, 5) is 20.5. The maximum absolute atomic E-state index is 12.5. The first-order chi connectivity index (χ1) is 13.1. The number of carbonyl (C=O) groups excluding carboxylic acids is 1. The van der Waals surface area contributed by atoms with Gasteiger partial charge < -0.3 is 14.2 Å². The number of carbonyl (C=O) groups is 1. The van der Waals surface area contributed by atoms with Crippen molar-refractivity contribution < 1.29 is 14.1 Å². The number of rotatable bonds is 5. The van der Waals surface area contributed by atoms with E-state index in [9.17, 15) is 4.79 Å². The Morgan fingerprint density at radius 3 is 2.74 bits per heavy atom. The lowest BCUT2D eigenvalue weighted by atomic mass is 9.97. The molecule has 3 aromatic rings. The van der Waals surface area contributed by atoms with Gasteiger partial charge in [0.1, 0.15) is 11.5 Å². The minimum absolute atomic E-state index is 0.178. The van der Waals surface area contributed by atoms with Crippen molar-refractivity contribution in [3.63, 3.8) is 0 Å². The van der Waals surface area contributed by atoms with E-state index >= 15 is 0 Å². The Kier molecular flexibility index (Phi) is 5.27. The molecule has 0 aliphatic carbocycles. The van der Waals surface area contributed by atoms with Crippen molar-refractivity contribution in [2.45, 2.75) is 32.2 Å². The number of piperidine rings is 1. The third kappa shape index (κ3) is 4.22. The summed E-state index contributed by atoms with van der Waals surface area (Å²) in [5.74, 6) is 2.43. The maximum Gasteiger partial charge on any atom is 0.277 e. The van der Waals surface area contributed by atoms with Gasteiger partial charge in [-0.15, -0.1) is 11.3 Å². The molecule has 1 aliphatic rings. The maximum atomic E-state index is 12.5. The van der Waals surface area contributed by atoms with Crippen molar-refractivity contribution >= 4 is 27.5 Å². The standard InChI is InChI=1S/C21H25N3O2S/c1-15-7-8-17(26-15)13-23(2)20(25)14-24-11-9-16(10-12-24)21-22-18-5-3-4-6-19(18)27-21/h3-8,16H,9-14H2,1-2H3/p+1. The summed E-state index contributed by atoms with van der Waals surface area (Å²) >= 11 is 1.82. The monoisotopic (exact) mass is 384 g/mol. The average Bonchev–Trinajstić information content (AvgIpc) is 3.28. The van der Waals surface area contributed by atoms with Gasteiger partial charge in [0.15, 0.2) is 6.54 Å². The van der Waals surface area contributed by atoms with E-state index < -0.39 is 0 Å². The SMILES string of the molecule is Cc1ccc(CN(C)C(=O)C[NH+]2CCC(c3nc4ccccc4s3)CC2)o1. The summed E-state index contributed by atoms with van der Waals surface area (Å²) in [5, 5.41) is 1.26. The number of fused-ring (bicyclic) bond motifs is 1. The van der Waals surface area contributed by atoms with Crippen LogP contribution in [0, 0.1) is 6.92 Å². The van der Waals surface area contributed by atoms with Crippen molar-refractivity contribution in [3.8, 4) is 0 Å². The summed E-state index contributed by atoms with van der Waals surface area (Å²) in [7, 11) is 1.85. The first-order valence-electron chi connectivity index (χ1n) is 9.57. The van der Waals surface area contributed by atoms with Gasteiger partial charge in [0.25, 0.3) is 5.91 Å². The van der Waals surface area contributed by atoms with Crippen LogP contribution in [0.5, 0.6) is 0 Å². The number of aryl methyl sites for hydroxylation is 1. The quantitative estimate of drug-likeness (QED) is 0.736. The van der Waals surface area contributed by atoms with E-state index in [0.29, 0.717) is 19.0 Å². The van der Waals surface area contributed by atoms with E-state index in [-0.39, 0.29) is 5.91 Å². The molecule has 1 fully saturated rings. The van der Waals surface area contributed by atoms with Gasteiger partial charge in [-0.3, -0.25) is 4.79 Å². The molecule has 0 radical (unpaired) electrons. The fourth-order valence-electron chi connectivity index (χ4n) is 3.76. The van der Waals surface area contributed by atoms with Gasteiger partial charge in [0.2, 0.25) is 0 Å². The van der Waals surface area contributed by atoms with Gasteiger partial charge >= 0.3 is 0 Å². The number of benzene rings is 1. The second kappa shape index (κ2) is 7.82. The minimum Gasteiger partial charge on any atom is -0.464 e. The zero-order valence-corrected chi connectivity index (χ0v) is 16.7. The lowest BCUT2D eigenvalue weighted by Gasteiger charge is -2.29. The van der Waals surface area contributed by atoms with Crippen molar-refractivity contribution in [1.29, 1.82) is 0 Å². The highest BCUT2D eigenvalue weighted by atomic mass is 32.1. The molecular weight excluding hydrogens is 358 g/mol. The molecule has 0 saturated carbocycles. The lowest BCUT2D eigenvalue weighted by molar-refractivity contribution is -0.897. The molecule has 4 rings (SSSR count). The van der Waals surface area contributed by atoms with Crippen LogP contribution in [0.2, 0.25) is 0 Å². The number of amides is 1. The van der Waals surface area contributed by atoms with E-state index in [1.165, 1.54) is 14.6 Å². The summed E-state index contributed by atoms with van der Waals surface area (Å²) in [6.45, 7) is 5.07. The zero-order valence-electron chi connectivity index (χ0n) is 15.9. The van der Waals surface area contributed by atoms with Crippen LogP contribution in [0.1, 0.15) is 35.3 Å². The van der Waals surface area contributed by atoms with Gasteiger partial charge in [0.05, 0.1) is 34.9 Å². The third-order valence-electron chi connectivity index (χ3n) is 5.37. The summed E-state index contributed by atoms with van der Waals surface area (Å²) in [6, 6.07) is 12.2. The molecule has 0 unspecified atom stereocenters. The average molecular weight is 385 g/mol. The van der Waals surface area contributed by atoms with Crippen LogP contribution < -0.4 is 4.90 Å². The Morgan fingerprint density at radius 1 is 1.26 bits per heavy atom. The molecule has 2 aromatic heterocycles. The number of hydrogen-bond donors (Lipinski definition) is 1. The Labute approximate surface area is 163 Å². The summed E-state index contributed by atoms with van der Waals surface area (Å²) in [6.07, 6.45) is 2.20. The highest BCUT2D eigenvalue weighted by Crippen LogP contribution is 2.31. The van der Waals surface area contributed by atoms with Gasteiger partial charge in [-0.05, 0) is 31.2 Å². The molecule has 27 heavy (non-hydrogen) atoms. The number of nitrogens with one attached hydrogen (secondary N) is 1. The second-order valence-corrected chi connectivity index (χ2v) is 8.55. The van der Waals surface area contributed by atoms with Crippen molar-refractivity contribution in [3.05, 3.63) is 52.9 Å². The molecule has 0 spiro atoms. The number of hydrogen-bond acceptors (Lipinski definition) is 4. The molecule has 1 aliphatic heterocycles. The molecule has 1 N–H and O–H groups in total. The smallest absolute Gasteiger partial charge is 0.277 e. The van der Waals surface area contributed by atoms with Gasteiger partial charge in [-0.25, -0.2) is 4.98 Å². The van der Waals surface area contributed by atoms with Gasteiger partial charge in [-0.1, -0.05) is 12.1 Å². The Hall–Kier alpha value is -2.18. The van der Waals surface area contributed by atoms with Crippen molar-refractivity contribution in [1.82, 2.24) is 9.88 Å². The largest absolute Gasteiger partial charge is 0.464 e. The zero-order chi connectivity index (χ0) is 18.8. The van der Waals surface area contributed by atoms with E-state index in [1.807, 2.05) is 43.5 Å². The van der Waals surface area contributed by atoms with E-state index in [0.717, 1.165) is 43.0 Å². The van der Waals surface area contributed by atoms with Crippen LogP contribution in [0.25, 0.3) is 10.2 Å². The highest BCUT2D eigenvalue weighted by Gasteiger charge is 2.28. The van der Waals surface area contributed by atoms with Crippen LogP contribution in [-0.2, 0) is 11.3 Å². The van der Waals surface area contributed by atoms with Crippen molar-refractivity contribution in [2.24, 2.45) is 0 Å². The number of aromatic nitrogens is 1. The number of likely N-dealkylation sites (tertiary alicyclic amines) is 1. The first kappa shape index (κ1) is 18.2. The number of furan rings is 1. The second-order valence-electron chi connectivity index (χ2n) is 7.48. The Balaban J connectivity index is 1.29. The predicted molar refractivity (Wildman–Crippen MR) is 107 cm³/mol. The van der Waals surface area contributed by atoms with Crippen LogP contribution in [-0.4, -0.2) is 42.5 Å². The number of nitrogens with zero attached hydrogens (tertiary/aromatic N) is 2. The normalized spacial score (nSPS) is 20.1. The third-order valence-corrected chi connectivity index (χ3v) is 6.57. The van der Waals surface area contributed by atoms with Crippen LogP contribution in [0.4, 0.5) is 0 Å². The fraction of sp³-hybridized carbons (Fsp3) is 0.429. The van der Waals surface area contributed by atoms with Crippen molar-refractivity contribution in [2.75, 3.05) is 26.7 Å². The molecule has 6 heteroatoms. The molecule has 1 amide bonds. The van der Waals surface area contributed by atoms with Crippen LogP contribution in [0.15, 0.2) is 40.8 Å². The lowest BCUT2D eigenvalue weighted by Crippen LogP contribution is -3.14. The molecule has 1 saturated heterocycles. The van der Waals surface area contributed by atoms with Gasteiger partial charge in [0, 0.05) is 25.8 Å². The predicted octanol–water partition coefficient (Wildman–Crippen LogP) is 2.62. The fourth-order valence-corrected chi connectivity index (χ4v) is 4.89. The number of para-hydroxylation sites is 1. The van der Waals surface area contributed by atoms with Crippen LogP contribution >= 0.6 is 11.3 Å². The molecule has 3 heterocycles. The summed E-state index contributed by atoms with van der Waals surface area (Å²) < 4.78 is 6.85. The van der Waals surface area contributed by atoms with Gasteiger partial charge in [-0.2, -0.15) is 0 Å². The number of quaternary nitrogens is 1. The molecular formula is C21H26N3O2S+. The number of likely N-dealkylation sites (N-methyl/N-ethyl adjacent to an activating group) is 1. The van der Waals surface area contributed by atoms with E-state index in [1.54, 1.807) is 4.90 Å². The van der Waals surface area contributed by atoms with Crippen LogP contribution in [0.3, 0.4) is 0 Å².